The molecule has 1 aromatic carbocycles. The Balaban J connectivity index is 2.18. The fraction of sp³-hybridized carbons (Fsp3) is 0.500. The lowest BCUT2D eigenvalue weighted by Gasteiger charge is -2.31. The van der Waals surface area contributed by atoms with Gasteiger partial charge in [0.1, 0.15) is 11.9 Å². The summed E-state index contributed by atoms with van der Waals surface area (Å²) in [6.45, 7) is 3.06. The van der Waals surface area contributed by atoms with Gasteiger partial charge in [-0.25, -0.2) is 0 Å². The summed E-state index contributed by atoms with van der Waals surface area (Å²) in [5.41, 5.74) is 6.24. The number of piperidine rings is 1. The summed E-state index contributed by atoms with van der Waals surface area (Å²) in [4.78, 5) is 0. The molecule has 1 aliphatic rings. The summed E-state index contributed by atoms with van der Waals surface area (Å²) >= 11 is 0. The molecular weight excluding hydrogens is 288 g/mol. The Kier molecular flexibility index (Phi) is 4.97. The molecule has 1 aromatic rings. The highest BCUT2D eigenvalue weighted by Crippen LogP contribution is 2.20. The topological polar surface area (TPSA) is 99.3 Å². The van der Waals surface area contributed by atoms with Gasteiger partial charge < -0.3 is 5.73 Å². The molecule has 1 aliphatic heterocycles. The molecule has 0 amide bonds. The molecule has 116 valence electrons. The molecule has 0 saturated carbocycles. The van der Waals surface area contributed by atoms with E-state index in [1.165, 1.54) is 4.31 Å². The molecule has 2 atom stereocenters. The Labute approximate surface area is 126 Å². The average Bonchev–Trinajstić information content (AvgIpc) is 2.45. The minimum absolute atomic E-state index is 0.213. The number of amidine groups is 1. The Hall–Kier alpha value is -1.44. The second-order valence-corrected chi connectivity index (χ2v) is 7.23. The van der Waals surface area contributed by atoms with E-state index in [0.29, 0.717) is 24.6 Å². The zero-order valence-corrected chi connectivity index (χ0v) is 12.9. The van der Waals surface area contributed by atoms with Crippen LogP contribution in [0.2, 0.25) is 0 Å². The van der Waals surface area contributed by atoms with Crippen molar-refractivity contribution in [1.82, 2.24) is 9.03 Å². The second-order valence-electron chi connectivity index (χ2n) is 5.53. The Morgan fingerprint density at radius 1 is 1.43 bits per heavy atom. The number of hydrogen-bond donors (Lipinski definition) is 3. The van der Waals surface area contributed by atoms with Crippen LogP contribution in [-0.4, -0.2) is 31.6 Å². The Morgan fingerprint density at radius 3 is 2.67 bits per heavy atom. The average molecular weight is 310 g/mol. The van der Waals surface area contributed by atoms with E-state index < -0.39 is 16.3 Å². The molecule has 7 heteroatoms. The normalized spacial score (nSPS) is 21.9. The third-order valence-electron chi connectivity index (χ3n) is 3.67. The van der Waals surface area contributed by atoms with Crippen LogP contribution in [0.5, 0.6) is 0 Å². The fourth-order valence-corrected chi connectivity index (χ4v) is 4.07. The zero-order valence-electron chi connectivity index (χ0n) is 12.1. The first kappa shape index (κ1) is 15.9. The molecule has 21 heavy (non-hydrogen) atoms. The zero-order chi connectivity index (χ0) is 15.5. The quantitative estimate of drug-likeness (QED) is 0.563. The van der Waals surface area contributed by atoms with Crippen LogP contribution in [-0.2, 0) is 10.2 Å². The van der Waals surface area contributed by atoms with Crippen LogP contribution in [0.1, 0.15) is 31.4 Å². The highest BCUT2D eigenvalue weighted by atomic mass is 32.2. The molecule has 2 rings (SSSR count). The molecule has 0 spiro atoms. The van der Waals surface area contributed by atoms with Gasteiger partial charge in [0, 0.05) is 13.1 Å². The number of nitrogens with zero attached hydrogens (tertiary/aromatic N) is 1. The van der Waals surface area contributed by atoms with Crippen molar-refractivity contribution < 1.29 is 8.42 Å². The molecule has 1 fully saturated rings. The van der Waals surface area contributed by atoms with Crippen molar-refractivity contribution in [1.29, 1.82) is 5.41 Å². The van der Waals surface area contributed by atoms with Gasteiger partial charge >= 0.3 is 0 Å². The van der Waals surface area contributed by atoms with Crippen molar-refractivity contribution in [3.63, 3.8) is 0 Å². The van der Waals surface area contributed by atoms with Gasteiger partial charge in [0.15, 0.2) is 0 Å². The van der Waals surface area contributed by atoms with Crippen LogP contribution in [0.25, 0.3) is 0 Å². The SMILES string of the molecule is CC1CCCN(S(=O)(=O)NC(C(=N)N)c2ccccc2)C1. The lowest BCUT2D eigenvalue weighted by molar-refractivity contribution is 0.277. The molecular formula is C14H22N4O2S. The van der Waals surface area contributed by atoms with E-state index in [1.807, 2.05) is 13.0 Å². The summed E-state index contributed by atoms with van der Waals surface area (Å²) in [7, 11) is -3.65. The van der Waals surface area contributed by atoms with E-state index in [-0.39, 0.29) is 5.84 Å². The summed E-state index contributed by atoms with van der Waals surface area (Å²) in [5, 5.41) is 7.65. The van der Waals surface area contributed by atoms with Gasteiger partial charge in [0.25, 0.3) is 10.2 Å². The number of hydrogen-bond acceptors (Lipinski definition) is 3. The predicted molar refractivity (Wildman–Crippen MR) is 83.1 cm³/mol. The lowest BCUT2D eigenvalue weighted by atomic mass is 10.0. The van der Waals surface area contributed by atoms with Crippen molar-refractivity contribution in [2.24, 2.45) is 11.7 Å². The molecule has 4 N–H and O–H groups in total. The molecule has 0 bridgehead atoms. The maximum Gasteiger partial charge on any atom is 0.280 e. The summed E-state index contributed by atoms with van der Waals surface area (Å²) in [6, 6.07) is 8.11. The summed E-state index contributed by atoms with van der Waals surface area (Å²) in [6.07, 6.45) is 1.90. The van der Waals surface area contributed by atoms with Gasteiger partial charge in [-0.3, -0.25) is 5.41 Å². The van der Waals surface area contributed by atoms with E-state index in [9.17, 15) is 8.42 Å². The molecule has 0 radical (unpaired) electrons. The standard InChI is InChI=1S/C14H22N4O2S/c1-11-6-5-9-18(10-11)21(19,20)17-13(14(15)16)12-7-3-2-4-8-12/h2-4,7-8,11,13,17H,5-6,9-10H2,1H3,(H3,15,16). The second kappa shape index (κ2) is 6.55. The van der Waals surface area contributed by atoms with Crippen LogP contribution < -0.4 is 10.5 Å². The summed E-state index contributed by atoms with van der Waals surface area (Å²) < 4.78 is 29.0. The van der Waals surface area contributed by atoms with Gasteiger partial charge in [0.05, 0.1) is 0 Å². The van der Waals surface area contributed by atoms with Crippen LogP contribution in [0.15, 0.2) is 30.3 Å². The van der Waals surface area contributed by atoms with Crippen LogP contribution in [0, 0.1) is 11.3 Å². The van der Waals surface area contributed by atoms with E-state index in [2.05, 4.69) is 4.72 Å². The largest absolute Gasteiger partial charge is 0.386 e. The minimum Gasteiger partial charge on any atom is -0.386 e. The van der Waals surface area contributed by atoms with Crippen molar-refractivity contribution in [3.8, 4) is 0 Å². The Morgan fingerprint density at radius 2 is 2.10 bits per heavy atom. The van der Waals surface area contributed by atoms with E-state index in [4.69, 9.17) is 11.1 Å². The third-order valence-corrected chi connectivity index (χ3v) is 5.22. The molecule has 0 aromatic heterocycles. The number of rotatable bonds is 5. The number of nitrogens with one attached hydrogen (secondary N) is 2. The minimum atomic E-state index is -3.65. The highest BCUT2D eigenvalue weighted by molar-refractivity contribution is 7.87. The van der Waals surface area contributed by atoms with Crippen molar-refractivity contribution in [3.05, 3.63) is 35.9 Å². The monoisotopic (exact) mass is 310 g/mol. The van der Waals surface area contributed by atoms with Gasteiger partial charge in [-0.15, -0.1) is 0 Å². The number of benzene rings is 1. The molecule has 2 unspecified atom stereocenters. The van der Waals surface area contributed by atoms with Gasteiger partial charge in [-0.1, -0.05) is 37.3 Å². The fourth-order valence-electron chi connectivity index (χ4n) is 2.54. The lowest BCUT2D eigenvalue weighted by Crippen LogP contribution is -2.48. The molecule has 0 aliphatic carbocycles. The smallest absolute Gasteiger partial charge is 0.280 e. The van der Waals surface area contributed by atoms with Crippen molar-refractivity contribution in [2.45, 2.75) is 25.8 Å². The maximum absolute atomic E-state index is 12.5. The first-order chi connectivity index (χ1) is 9.90. The maximum atomic E-state index is 12.5. The van der Waals surface area contributed by atoms with Gasteiger partial charge in [-0.05, 0) is 24.3 Å². The molecule has 1 heterocycles. The van der Waals surface area contributed by atoms with E-state index in [0.717, 1.165) is 12.8 Å². The van der Waals surface area contributed by atoms with Crippen LogP contribution in [0.3, 0.4) is 0 Å². The first-order valence-corrected chi connectivity index (χ1v) is 8.50. The highest BCUT2D eigenvalue weighted by Gasteiger charge is 2.30. The first-order valence-electron chi connectivity index (χ1n) is 7.06. The number of nitrogens with two attached hydrogens (primary N) is 1. The predicted octanol–water partition coefficient (Wildman–Crippen LogP) is 1.23. The Bertz CT molecular complexity index is 588. The van der Waals surface area contributed by atoms with Crippen LogP contribution in [0.4, 0.5) is 0 Å². The van der Waals surface area contributed by atoms with Crippen molar-refractivity contribution >= 4 is 16.0 Å². The van der Waals surface area contributed by atoms with Crippen LogP contribution >= 0.6 is 0 Å². The summed E-state index contributed by atoms with van der Waals surface area (Å²) in [5.74, 6) is 0.137. The van der Waals surface area contributed by atoms with Gasteiger partial charge in [-0.2, -0.15) is 17.4 Å². The van der Waals surface area contributed by atoms with Gasteiger partial charge in [0.2, 0.25) is 0 Å². The van der Waals surface area contributed by atoms with E-state index in [1.54, 1.807) is 24.3 Å². The third kappa shape index (κ3) is 4.03. The molecule has 6 nitrogen and oxygen atoms in total. The van der Waals surface area contributed by atoms with Crippen molar-refractivity contribution in [2.75, 3.05) is 13.1 Å². The molecule has 1 saturated heterocycles. The van der Waals surface area contributed by atoms with E-state index >= 15 is 0 Å².